The van der Waals surface area contributed by atoms with E-state index in [2.05, 4.69) is 5.32 Å². The highest BCUT2D eigenvalue weighted by Gasteiger charge is 2.18. The van der Waals surface area contributed by atoms with Crippen LogP contribution >= 0.6 is 0 Å². The molecule has 30 heavy (non-hydrogen) atoms. The number of nitrogens with zero attached hydrogens (tertiary/aromatic N) is 2. The van der Waals surface area contributed by atoms with Crippen molar-refractivity contribution in [3.05, 3.63) is 89.2 Å². The molecular weight excluding hydrogens is 374 g/mol. The largest absolute Gasteiger partial charge is 0.348 e. The minimum atomic E-state index is -0.114. The first-order valence-corrected chi connectivity index (χ1v) is 10.5. The average molecular weight is 402 g/mol. The molecule has 0 bridgehead atoms. The molecule has 2 aromatic carbocycles. The fourth-order valence-electron chi connectivity index (χ4n) is 3.85. The third kappa shape index (κ3) is 4.46. The zero-order valence-electron chi connectivity index (χ0n) is 17.3. The van der Waals surface area contributed by atoms with Crippen LogP contribution in [-0.2, 0) is 6.54 Å². The van der Waals surface area contributed by atoms with E-state index >= 15 is 0 Å². The van der Waals surface area contributed by atoms with Gasteiger partial charge in [0.25, 0.3) is 11.8 Å². The summed E-state index contributed by atoms with van der Waals surface area (Å²) in [6.07, 6.45) is 7.31. The van der Waals surface area contributed by atoms with Crippen LogP contribution in [0.2, 0.25) is 0 Å². The first-order chi connectivity index (χ1) is 14.6. The van der Waals surface area contributed by atoms with E-state index < -0.39 is 0 Å². The molecule has 0 spiro atoms. The molecule has 0 saturated carbocycles. The summed E-state index contributed by atoms with van der Waals surface area (Å²) >= 11 is 0. The van der Waals surface area contributed by atoms with Crippen molar-refractivity contribution in [2.45, 2.75) is 32.7 Å². The lowest BCUT2D eigenvalue weighted by molar-refractivity contribution is 0.0724. The number of carbonyl (C=O) groups excluding carboxylic acids is 2. The highest BCUT2D eigenvalue weighted by molar-refractivity contribution is 5.95. The normalized spacial score (nSPS) is 13.8. The summed E-state index contributed by atoms with van der Waals surface area (Å²) in [5.74, 6) is -0.0145. The Balaban J connectivity index is 1.38. The number of hydrogen-bond acceptors (Lipinski definition) is 2. The Morgan fingerprint density at radius 1 is 0.900 bits per heavy atom. The van der Waals surface area contributed by atoms with Gasteiger partial charge in [0.05, 0.1) is 0 Å². The number of amides is 2. The van der Waals surface area contributed by atoms with Gasteiger partial charge in [-0.05, 0) is 73.7 Å². The number of hydrogen-bond donors (Lipinski definition) is 1. The highest BCUT2D eigenvalue weighted by atomic mass is 16.2. The first-order valence-electron chi connectivity index (χ1n) is 10.5. The van der Waals surface area contributed by atoms with E-state index in [1.807, 2.05) is 83.4 Å². The monoisotopic (exact) mass is 401 g/mol. The molecule has 5 nitrogen and oxygen atoms in total. The van der Waals surface area contributed by atoms with Crippen molar-refractivity contribution in [2.75, 3.05) is 13.1 Å². The standard InChI is InChI=1S/C25H27N3O2/c1-19-7-10-22(17-23(19)27-13-5-6-14-27)24(29)26-18-20-8-11-21(12-9-20)25(30)28-15-3-2-4-16-28/h5-14,17H,2-4,15-16,18H2,1H3,(H,26,29). The predicted octanol–water partition coefficient (Wildman–Crippen LogP) is 4.34. The molecule has 1 aliphatic heterocycles. The van der Waals surface area contributed by atoms with Crippen LogP contribution in [0.4, 0.5) is 0 Å². The number of nitrogens with one attached hydrogen (secondary N) is 1. The van der Waals surface area contributed by atoms with E-state index in [1.54, 1.807) is 0 Å². The lowest BCUT2D eigenvalue weighted by Gasteiger charge is -2.26. The fraction of sp³-hybridized carbons (Fsp3) is 0.280. The molecule has 2 heterocycles. The van der Waals surface area contributed by atoms with Gasteiger partial charge in [-0.1, -0.05) is 18.2 Å². The summed E-state index contributed by atoms with van der Waals surface area (Å²) in [5, 5.41) is 2.98. The molecule has 0 aliphatic carbocycles. The van der Waals surface area contributed by atoms with Crippen molar-refractivity contribution in [3.63, 3.8) is 0 Å². The van der Waals surface area contributed by atoms with Gasteiger partial charge in [-0.2, -0.15) is 0 Å². The molecule has 0 unspecified atom stereocenters. The van der Waals surface area contributed by atoms with Crippen LogP contribution in [0.15, 0.2) is 67.0 Å². The van der Waals surface area contributed by atoms with E-state index in [0.717, 1.165) is 42.7 Å². The van der Waals surface area contributed by atoms with Gasteiger partial charge in [-0.25, -0.2) is 0 Å². The molecule has 1 fully saturated rings. The van der Waals surface area contributed by atoms with Crippen LogP contribution in [0.1, 0.15) is 51.1 Å². The number of rotatable bonds is 5. The first kappa shape index (κ1) is 20.0. The molecule has 0 atom stereocenters. The summed E-state index contributed by atoms with van der Waals surface area (Å²) in [4.78, 5) is 27.2. The number of carbonyl (C=O) groups is 2. The van der Waals surface area contributed by atoms with E-state index in [0.29, 0.717) is 17.7 Å². The Morgan fingerprint density at radius 3 is 2.27 bits per heavy atom. The second-order valence-electron chi connectivity index (χ2n) is 7.82. The van der Waals surface area contributed by atoms with Gasteiger partial charge in [0.1, 0.15) is 0 Å². The lowest BCUT2D eigenvalue weighted by atomic mass is 10.1. The van der Waals surface area contributed by atoms with Crippen LogP contribution in [0, 0.1) is 6.92 Å². The summed E-state index contributed by atoms with van der Waals surface area (Å²) in [6.45, 7) is 4.14. The van der Waals surface area contributed by atoms with Crippen molar-refractivity contribution < 1.29 is 9.59 Å². The average Bonchev–Trinajstić information content (AvgIpc) is 3.33. The zero-order chi connectivity index (χ0) is 20.9. The number of aryl methyl sites for hydroxylation is 1. The quantitative estimate of drug-likeness (QED) is 0.691. The molecule has 3 aromatic rings. The second kappa shape index (κ2) is 8.99. The Kier molecular flexibility index (Phi) is 5.98. The highest BCUT2D eigenvalue weighted by Crippen LogP contribution is 2.17. The molecule has 2 amide bonds. The molecule has 5 heteroatoms. The topological polar surface area (TPSA) is 54.3 Å². The molecule has 4 rings (SSSR count). The Bertz CT molecular complexity index is 1020. The number of piperidine rings is 1. The molecule has 1 N–H and O–H groups in total. The van der Waals surface area contributed by atoms with Crippen molar-refractivity contribution in [2.24, 2.45) is 0 Å². The van der Waals surface area contributed by atoms with Crippen LogP contribution in [0.3, 0.4) is 0 Å². The molecular formula is C25H27N3O2. The maximum atomic E-state index is 12.7. The zero-order valence-corrected chi connectivity index (χ0v) is 17.3. The van der Waals surface area contributed by atoms with E-state index in [1.165, 1.54) is 6.42 Å². The minimum absolute atomic E-state index is 0.0995. The minimum Gasteiger partial charge on any atom is -0.348 e. The van der Waals surface area contributed by atoms with Crippen LogP contribution in [-0.4, -0.2) is 34.4 Å². The molecule has 0 radical (unpaired) electrons. The van der Waals surface area contributed by atoms with E-state index in [-0.39, 0.29) is 11.8 Å². The maximum Gasteiger partial charge on any atom is 0.253 e. The maximum absolute atomic E-state index is 12.7. The lowest BCUT2D eigenvalue weighted by Crippen LogP contribution is -2.35. The number of likely N-dealkylation sites (tertiary alicyclic amines) is 1. The van der Waals surface area contributed by atoms with Gasteiger partial charge in [-0.15, -0.1) is 0 Å². The van der Waals surface area contributed by atoms with Gasteiger partial charge < -0.3 is 14.8 Å². The van der Waals surface area contributed by atoms with Crippen molar-refractivity contribution >= 4 is 11.8 Å². The summed E-state index contributed by atoms with van der Waals surface area (Å²) in [6, 6.07) is 17.2. The Hall–Kier alpha value is -3.34. The van der Waals surface area contributed by atoms with Gasteiger partial charge in [0.15, 0.2) is 0 Å². The number of benzene rings is 2. The third-order valence-electron chi connectivity index (χ3n) is 5.65. The third-order valence-corrected chi connectivity index (χ3v) is 5.65. The summed E-state index contributed by atoms with van der Waals surface area (Å²) < 4.78 is 2.00. The predicted molar refractivity (Wildman–Crippen MR) is 118 cm³/mol. The van der Waals surface area contributed by atoms with Gasteiger partial charge in [-0.3, -0.25) is 9.59 Å². The van der Waals surface area contributed by atoms with Crippen molar-refractivity contribution in [1.29, 1.82) is 0 Å². The smallest absolute Gasteiger partial charge is 0.253 e. The Morgan fingerprint density at radius 2 is 1.57 bits per heavy atom. The van der Waals surface area contributed by atoms with Crippen LogP contribution < -0.4 is 5.32 Å². The van der Waals surface area contributed by atoms with E-state index in [4.69, 9.17) is 0 Å². The number of aromatic nitrogens is 1. The summed E-state index contributed by atoms with van der Waals surface area (Å²) in [7, 11) is 0. The second-order valence-corrected chi connectivity index (χ2v) is 7.82. The molecule has 1 saturated heterocycles. The SMILES string of the molecule is Cc1ccc(C(=O)NCc2ccc(C(=O)N3CCCCC3)cc2)cc1-n1cccc1. The van der Waals surface area contributed by atoms with Gasteiger partial charge >= 0.3 is 0 Å². The Labute approximate surface area is 177 Å². The molecule has 1 aromatic heterocycles. The van der Waals surface area contributed by atoms with E-state index in [9.17, 15) is 9.59 Å². The molecule has 1 aliphatic rings. The van der Waals surface area contributed by atoms with Crippen molar-refractivity contribution in [3.8, 4) is 5.69 Å². The van der Waals surface area contributed by atoms with Gasteiger partial charge in [0, 0.05) is 48.8 Å². The fourth-order valence-corrected chi connectivity index (χ4v) is 3.85. The van der Waals surface area contributed by atoms with Crippen LogP contribution in [0.5, 0.6) is 0 Å². The summed E-state index contributed by atoms with van der Waals surface area (Å²) in [5.41, 5.74) is 4.41. The molecule has 154 valence electrons. The van der Waals surface area contributed by atoms with Crippen LogP contribution in [0.25, 0.3) is 5.69 Å². The van der Waals surface area contributed by atoms with Gasteiger partial charge in [0.2, 0.25) is 0 Å². The van der Waals surface area contributed by atoms with Crippen molar-refractivity contribution in [1.82, 2.24) is 14.8 Å².